The largest absolute Gasteiger partial charge is 0.335 e. The van der Waals surface area contributed by atoms with E-state index in [1.54, 1.807) is 6.07 Å². The quantitative estimate of drug-likeness (QED) is 0.578. The molecule has 1 aromatic heterocycles. The van der Waals surface area contributed by atoms with E-state index >= 15 is 0 Å². The number of hydrogen-bond donors (Lipinski definition) is 2. The van der Waals surface area contributed by atoms with E-state index in [4.69, 9.17) is 29.7 Å². The van der Waals surface area contributed by atoms with Gasteiger partial charge in [-0.05, 0) is 24.4 Å². The van der Waals surface area contributed by atoms with E-state index in [1.807, 2.05) is 18.2 Å². The number of halogens is 1. The number of aromatic amines is 1. The molecule has 2 aromatic rings. The first-order valence-corrected chi connectivity index (χ1v) is 4.66. The highest BCUT2D eigenvalue weighted by molar-refractivity contribution is 7.71. The van der Waals surface area contributed by atoms with Gasteiger partial charge in [0.1, 0.15) is 0 Å². The third-order valence-electron chi connectivity index (χ3n) is 1.82. The summed E-state index contributed by atoms with van der Waals surface area (Å²) in [6, 6.07) is 7.30. The van der Waals surface area contributed by atoms with Crippen LogP contribution in [-0.2, 0) is 0 Å². The summed E-state index contributed by atoms with van der Waals surface area (Å²) in [5, 5.41) is 7.17. The van der Waals surface area contributed by atoms with Crippen LogP contribution in [0.4, 0.5) is 0 Å². The van der Waals surface area contributed by atoms with Gasteiger partial charge in [0.05, 0.1) is 5.02 Å². The van der Waals surface area contributed by atoms with Crippen molar-refractivity contribution in [1.82, 2.24) is 14.9 Å². The van der Waals surface area contributed by atoms with Crippen LogP contribution in [0.1, 0.15) is 0 Å². The third kappa shape index (κ3) is 1.40. The maximum absolute atomic E-state index is 5.98. The van der Waals surface area contributed by atoms with Gasteiger partial charge in [-0.2, -0.15) is 5.10 Å². The van der Waals surface area contributed by atoms with E-state index < -0.39 is 0 Å². The van der Waals surface area contributed by atoms with Gasteiger partial charge >= 0.3 is 0 Å². The van der Waals surface area contributed by atoms with Crippen LogP contribution in [0.5, 0.6) is 0 Å². The number of H-pyrrole nitrogens is 1. The molecule has 72 valence electrons. The monoisotopic (exact) mass is 226 g/mol. The Morgan fingerprint density at radius 1 is 1.43 bits per heavy atom. The molecular formula is C8H7ClN4S. The van der Waals surface area contributed by atoms with Crippen LogP contribution in [-0.4, -0.2) is 14.9 Å². The van der Waals surface area contributed by atoms with Crippen molar-refractivity contribution in [2.24, 2.45) is 0 Å². The maximum Gasteiger partial charge on any atom is 0.214 e. The minimum atomic E-state index is 0.361. The first-order chi connectivity index (χ1) is 6.70. The Bertz CT molecular complexity index is 516. The predicted octanol–water partition coefficient (Wildman–Crippen LogP) is 1.97. The van der Waals surface area contributed by atoms with Crippen LogP contribution in [0.15, 0.2) is 24.3 Å². The lowest BCUT2D eigenvalue weighted by Crippen LogP contribution is -2.09. The summed E-state index contributed by atoms with van der Waals surface area (Å²) in [6.45, 7) is 0. The average Bonchev–Trinajstić information content (AvgIpc) is 2.49. The van der Waals surface area contributed by atoms with Gasteiger partial charge in [-0.25, -0.2) is 9.77 Å². The molecule has 0 saturated heterocycles. The molecule has 0 aliphatic rings. The van der Waals surface area contributed by atoms with E-state index in [1.165, 1.54) is 4.68 Å². The second-order valence-electron chi connectivity index (χ2n) is 2.70. The summed E-state index contributed by atoms with van der Waals surface area (Å²) in [7, 11) is 0. The van der Waals surface area contributed by atoms with E-state index in [-0.39, 0.29) is 0 Å². The Labute approximate surface area is 90.3 Å². The molecule has 0 saturated carbocycles. The molecule has 6 heteroatoms. The third-order valence-corrected chi connectivity index (χ3v) is 2.44. The molecule has 1 aromatic carbocycles. The summed E-state index contributed by atoms with van der Waals surface area (Å²) >= 11 is 10.9. The minimum absolute atomic E-state index is 0.361. The standard InChI is InChI=1S/C8H7ClN4S/c9-6-4-2-1-3-5(6)7-11-12-8(14)13(7)10/h1-4H,10H2,(H,12,14). The average molecular weight is 227 g/mol. The first kappa shape index (κ1) is 9.23. The van der Waals surface area contributed by atoms with E-state index in [0.717, 1.165) is 5.56 Å². The Morgan fingerprint density at radius 2 is 2.14 bits per heavy atom. The number of nitrogens with one attached hydrogen (secondary N) is 1. The van der Waals surface area contributed by atoms with Crippen molar-refractivity contribution in [2.75, 3.05) is 5.84 Å². The molecule has 14 heavy (non-hydrogen) atoms. The highest BCUT2D eigenvalue weighted by atomic mass is 35.5. The zero-order chi connectivity index (χ0) is 10.1. The van der Waals surface area contributed by atoms with Gasteiger partial charge in [-0.1, -0.05) is 23.7 Å². The normalized spacial score (nSPS) is 10.4. The van der Waals surface area contributed by atoms with Gasteiger partial charge in [0.25, 0.3) is 0 Å². The van der Waals surface area contributed by atoms with Crippen molar-refractivity contribution in [3.8, 4) is 11.4 Å². The Balaban J connectivity index is 2.66. The maximum atomic E-state index is 5.98. The second-order valence-corrected chi connectivity index (χ2v) is 3.50. The molecule has 0 radical (unpaired) electrons. The van der Waals surface area contributed by atoms with Crippen molar-refractivity contribution in [2.45, 2.75) is 0 Å². The zero-order valence-electron chi connectivity index (χ0n) is 7.07. The molecule has 3 N–H and O–H groups in total. The number of nitrogens with zero attached hydrogens (tertiary/aromatic N) is 2. The topological polar surface area (TPSA) is 59.6 Å². The van der Waals surface area contributed by atoms with Crippen molar-refractivity contribution in [3.05, 3.63) is 34.1 Å². The number of hydrogen-bond acceptors (Lipinski definition) is 3. The van der Waals surface area contributed by atoms with Gasteiger partial charge in [0.15, 0.2) is 5.82 Å². The van der Waals surface area contributed by atoms with Crippen LogP contribution in [0.3, 0.4) is 0 Å². The van der Waals surface area contributed by atoms with Crippen molar-refractivity contribution < 1.29 is 0 Å². The Hall–Kier alpha value is -1.33. The van der Waals surface area contributed by atoms with E-state index in [0.29, 0.717) is 15.6 Å². The lowest BCUT2D eigenvalue weighted by Gasteiger charge is -2.01. The highest BCUT2D eigenvalue weighted by Crippen LogP contribution is 2.24. The zero-order valence-corrected chi connectivity index (χ0v) is 8.64. The molecule has 0 unspecified atom stereocenters. The molecule has 0 aliphatic carbocycles. The van der Waals surface area contributed by atoms with Crippen LogP contribution in [0, 0.1) is 4.77 Å². The Morgan fingerprint density at radius 3 is 2.71 bits per heavy atom. The number of nitrogen functional groups attached to an aromatic ring is 1. The minimum Gasteiger partial charge on any atom is -0.335 e. The molecule has 0 aliphatic heterocycles. The summed E-state index contributed by atoms with van der Waals surface area (Å²) < 4.78 is 1.65. The van der Waals surface area contributed by atoms with Crippen molar-refractivity contribution in [3.63, 3.8) is 0 Å². The SMILES string of the molecule is Nn1c(-c2ccccc2Cl)n[nH]c1=S. The molecule has 0 amide bonds. The molecule has 0 fully saturated rings. The summed E-state index contributed by atoms with van der Waals surface area (Å²) in [5.41, 5.74) is 0.754. The molecular weight excluding hydrogens is 220 g/mol. The summed E-state index contributed by atoms with van der Waals surface area (Å²) in [5.74, 6) is 6.19. The number of nitrogens with two attached hydrogens (primary N) is 1. The number of benzene rings is 1. The Kier molecular flexibility index (Phi) is 2.26. The van der Waals surface area contributed by atoms with Crippen molar-refractivity contribution in [1.29, 1.82) is 0 Å². The lowest BCUT2D eigenvalue weighted by atomic mass is 10.2. The summed E-state index contributed by atoms with van der Waals surface area (Å²) in [4.78, 5) is 0. The number of aromatic nitrogens is 3. The van der Waals surface area contributed by atoms with Gasteiger partial charge < -0.3 is 5.84 Å². The van der Waals surface area contributed by atoms with Gasteiger partial charge in [-0.15, -0.1) is 0 Å². The molecule has 2 rings (SSSR count). The number of rotatable bonds is 1. The predicted molar refractivity (Wildman–Crippen MR) is 58.0 cm³/mol. The van der Waals surface area contributed by atoms with E-state index in [2.05, 4.69) is 10.2 Å². The summed E-state index contributed by atoms with van der Waals surface area (Å²) in [6.07, 6.45) is 0. The second kappa shape index (κ2) is 3.43. The molecule has 0 bridgehead atoms. The van der Waals surface area contributed by atoms with Crippen LogP contribution >= 0.6 is 23.8 Å². The van der Waals surface area contributed by atoms with Crippen LogP contribution < -0.4 is 5.84 Å². The fraction of sp³-hybridized carbons (Fsp3) is 0. The smallest absolute Gasteiger partial charge is 0.214 e. The fourth-order valence-electron chi connectivity index (χ4n) is 1.14. The lowest BCUT2D eigenvalue weighted by molar-refractivity contribution is 0.984. The molecule has 4 nitrogen and oxygen atoms in total. The highest BCUT2D eigenvalue weighted by Gasteiger charge is 2.08. The van der Waals surface area contributed by atoms with Gasteiger partial charge in [0, 0.05) is 5.56 Å². The van der Waals surface area contributed by atoms with Gasteiger partial charge in [-0.3, -0.25) is 0 Å². The molecule has 0 atom stereocenters. The molecule has 0 spiro atoms. The van der Waals surface area contributed by atoms with Crippen molar-refractivity contribution >= 4 is 23.8 Å². The fourth-order valence-corrected chi connectivity index (χ4v) is 1.49. The first-order valence-electron chi connectivity index (χ1n) is 3.87. The van der Waals surface area contributed by atoms with Gasteiger partial charge in [0.2, 0.25) is 4.77 Å². The van der Waals surface area contributed by atoms with E-state index in [9.17, 15) is 0 Å². The van der Waals surface area contributed by atoms with Crippen LogP contribution in [0.25, 0.3) is 11.4 Å². The van der Waals surface area contributed by atoms with Crippen LogP contribution in [0.2, 0.25) is 5.02 Å². The molecule has 1 heterocycles.